The average Bonchev–Trinajstić information content (AvgIpc) is 3.43. The van der Waals surface area contributed by atoms with E-state index in [2.05, 4.69) is 5.32 Å². The smallest absolute Gasteiger partial charge is 0.378 e. The zero-order valence-electron chi connectivity index (χ0n) is 23.4. The maximum atomic E-state index is 13.9. The van der Waals surface area contributed by atoms with Crippen molar-refractivity contribution < 1.29 is 27.6 Å². The van der Waals surface area contributed by atoms with Crippen LogP contribution in [0.4, 0.5) is 30.2 Å². The maximum Gasteiger partial charge on any atom is 0.416 e. The van der Waals surface area contributed by atoms with E-state index in [0.29, 0.717) is 15.6 Å². The Bertz CT molecular complexity index is 1820. The molecule has 2 aliphatic heterocycles. The van der Waals surface area contributed by atoms with E-state index < -0.39 is 52.1 Å². The second-order valence-corrected chi connectivity index (χ2v) is 12.7. The number of para-hydroxylation sites is 1. The highest BCUT2D eigenvalue weighted by Gasteiger charge is 2.56. The van der Waals surface area contributed by atoms with Crippen LogP contribution in [-0.4, -0.2) is 41.6 Å². The normalized spacial score (nSPS) is 19.5. The van der Waals surface area contributed by atoms with Gasteiger partial charge in [-0.1, -0.05) is 59.5 Å². The monoisotopic (exact) mass is 638 g/mol. The van der Waals surface area contributed by atoms with Gasteiger partial charge in [0, 0.05) is 36.3 Å². The van der Waals surface area contributed by atoms with E-state index in [4.69, 9.17) is 0 Å². The van der Waals surface area contributed by atoms with Gasteiger partial charge in [0.15, 0.2) is 0 Å². The molecule has 226 valence electrons. The van der Waals surface area contributed by atoms with Gasteiger partial charge in [-0.3, -0.25) is 23.7 Å². The van der Waals surface area contributed by atoms with Crippen LogP contribution in [0.15, 0.2) is 88.7 Å². The lowest BCUT2D eigenvalue weighted by Gasteiger charge is -2.31. The summed E-state index contributed by atoms with van der Waals surface area (Å²) >= 11 is 1.97. The highest BCUT2D eigenvalue weighted by Crippen LogP contribution is 2.54. The summed E-state index contributed by atoms with van der Waals surface area (Å²) in [6.45, 7) is -0.484. The van der Waals surface area contributed by atoms with E-state index in [1.807, 2.05) is 43.3 Å². The predicted octanol–water partition coefficient (Wildman–Crippen LogP) is 5.43. The lowest BCUT2D eigenvalue weighted by atomic mass is 9.83. The van der Waals surface area contributed by atoms with E-state index in [9.17, 15) is 32.3 Å². The Kier molecular flexibility index (Phi) is 7.62. The van der Waals surface area contributed by atoms with Crippen LogP contribution in [0.3, 0.4) is 0 Å². The number of thioether (sulfide) groups is 1. The zero-order chi connectivity index (χ0) is 31.3. The largest absolute Gasteiger partial charge is 0.416 e. The highest BCUT2D eigenvalue weighted by molar-refractivity contribution is 8.00. The van der Waals surface area contributed by atoms with Gasteiger partial charge in [-0.25, -0.2) is 4.90 Å². The fourth-order valence-corrected chi connectivity index (χ4v) is 8.32. The molecule has 4 aromatic rings. The molecule has 2 aliphatic rings. The first kappa shape index (κ1) is 29.7. The third kappa shape index (κ3) is 5.30. The van der Waals surface area contributed by atoms with Gasteiger partial charge in [0.1, 0.15) is 11.8 Å². The lowest BCUT2D eigenvalue weighted by Crippen LogP contribution is -2.33. The molecule has 44 heavy (non-hydrogen) atoms. The van der Waals surface area contributed by atoms with E-state index in [1.54, 1.807) is 30.3 Å². The number of aromatic nitrogens is 1. The minimum absolute atomic E-state index is 0.0661. The van der Waals surface area contributed by atoms with Crippen molar-refractivity contribution in [2.24, 2.45) is 5.92 Å². The van der Waals surface area contributed by atoms with Crippen molar-refractivity contribution >= 4 is 57.9 Å². The number of imide groups is 1. The second kappa shape index (κ2) is 11.3. The molecule has 3 heterocycles. The number of nitrogens with one attached hydrogen (secondary N) is 1. The first-order chi connectivity index (χ1) is 20.9. The van der Waals surface area contributed by atoms with Crippen molar-refractivity contribution in [2.75, 3.05) is 29.2 Å². The molecule has 1 fully saturated rings. The Morgan fingerprint density at radius 2 is 1.64 bits per heavy atom. The van der Waals surface area contributed by atoms with Gasteiger partial charge < -0.3 is 10.2 Å². The van der Waals surface area contributed by atoms with E-state index >= 15 is 0 Å². The van der Waals surface area contributed by atoms with Gasteiger partial charge in [0.25, 0.3) is 0 Å². The van der Waals surface area contributed by atoms with E-state index in [0.717, 1.165) is 46.5 Å². The zero-order valence-corrected chi connectivity index (χ0v) is 25.0. The Labute approximate surface area is 258 Å². The van der Waals surface area contributed by atoms with Gasteiger partial charge in [-0.15, -0.1) is 0 Å². The summed E-state index contributed by atoms with van der Waals surface area (Å²) in [6, 6.07) is 20.4. The van der Waals surface area contributed by atoms with Crippen LogP contribution < -0.4 is 20.0 Å². The van der Waals surface area contributed by atoms with Crippen LogP contribution in [0, 0.1) is 5.92 Å². The van der Waals surface area contributed by atoms with Crippen LogP contribution >= 0.6 is 23.1 Å². The average molecular weight is 639 g/mol. The molecule has 13 heteroatoms. The third-order valence-corrected chi connectivity index (χ3v) is 10.2. The predicted molar refractivity (Wildman–Crippen MR) is 163 cm³/mol. The summed E-state index contributed by atoms with van der Waals surface area (Å²) in [4.78, 5) is 57.3. The number of alkyl halides is 3. The number of hydrogen-bond donors (Lipinski definition) is 1. The Hall–Kier alpha value is -4.36. The molecular weight excluding hydrogens is 613 g/mol. The van der Waals surface area contributed by atoms with Gasteiger partial charge in [-0.05, 0) is 48.0 Å². The first-order valence-corrected chi connectivity index (χ1v) is 15.2. The molecule has 2 unspecified atom stereocenters. The third-order valence-electron chi connectivity index (χ3n) is 7.61. The van der Waals surface area contributed by atoms with Crippen LogP contribution in [0.1, 0.15) is 21.9 Å². The minimum Gasteiger partial charge on any atom is -0.378 e. The number of carbonyl (C=O) groups is 3. The molecule has 8 nitrogen and oxygen atoms in total. The summed E-state index contributed by atoms with van der Waals surface area (Å²) < 4.78 is 40.8. The van der Waals surface area contributed by atoms with Crippen molar-refractivity contribution in [3.8, 4) is 0 Å². The molecule has 0 saturated carbocycles. The Balaban J connectivity index is 1.38. The SMILES string of the molecule is CN(C)c1ccc([C@H]2c3sc(=O)n(CC(=O)Nc4cccc(C(F)(F)F)c4)c3SC3C(=O)N(c4ccccc4)C(=O)C32)cc1. The van der Waals surface area contributed by atoms with Crippen LogP contribution in [-0.2, 0) is 27.1 Å². The van der Waals surface area contributed by atoms with Crippen molar-refractivity contribution in [3.05, 3.63) is 105 Å². The molecule has 3 aromatic carbocycles. The summed E-state index contributed by atoms with van der Waals surface area (Å²) in [6.07, 6.45) is -4.59. The van der Waals surface area contributed by atoms with E-state index in [-0.39, 0.29) is 11.6 Å². The molecule has 0 aliphatic carbocycles. The summed E-state index contributed by atoms with van der Waals surface area (Å²) in [5.41, 5.74) is 1.12. The number of halogens is 3. The number of thiazole rings is 1. The van der Waals surface area contributed by atoms with Gasteiger partial charge in [0.05, 0.1) is 22.2 Å². The molecule has 1 aromatic heterocycles. The number of fused-ring (bicyclic) bond motifs is 2. The molecule has 1 saturated heterocycles. The lowest BCUT2D eigenvalue weighted by molar-refractivity contribution is -0.137. The van der Waals surface area contributed by atoms with Crippen LogP contribution in [0.2, 0.25) is 0 Å². The van der Waals surface area contributed by atoms with E-state index in [1.165, 1.54) is 21.6 Å². The summed E-state index contributed by atoms with van der Waals surface area (Å²) in [5.74, 6) is -2.93. The number of carbonyl (C=O) groups excluding carboxylic acids is 3. The number of hydrogen-bond acceptors (Lipinski definition) is 7. The number of rotatable bonds is 6. The Morgan fingerprint density at radius 3 is 2.30 bits per heavy atom. The molecule has 0 radical (unpaired) electrons. The molecular formula is C31H25F3N4O4S2. The fourth-order valence-electron chi connectivity index (χ4n) is 5.54. The molecule has 1 N–H and O–H groups in total. The van der Waals surface area contributed by atoms with Crippen molar-refractivity contribution in [1.82, 2.24) is 4.57 Å². The number of benzene rings is 3. The van der Waals surface area contributed by atoms with Gasteiger partial charge in [0.2, 0.25) is 17.7 Å². The Morgan fingerprint density at radius 1 is 0.932 bits per heavy atom. The number of nitrogens with zero attached hydrogens (tertiary/aromatic N) is 3. The number of anilines is 3. The maximum absolute atomic E-state index is 13.9. The van der Waals surface area contributed by atoms with Gasteiger partial charge >= 0.3 is 11.0 Å². The fraction of sp³-hybridized carbons (Fsp3) is 0.226. The molecule has 0 spiro atoms. The topological polar surface area (TPSA) is 91.7 Å². The second-order valence-electron chi connectivity index (χ2n) is 10.6. The summed E-state index contributed by atoms with van der Waals surface area (Å²) in [5, 5.41) is 1.97. The summed E-state index contributed by atoms with van der Waals surface area (Å²) in [7, 11) is 3.79. The van der Waals surface area contributed by atoms with Crippen molar-refractivity contribution in [2.45, 2.75) is 28.9 Å². The standard InChI is InChI=1S/C31H25F3N4O4S2/c1-36(2)20-13-11-17(12-14-20)23-24-25(28(41)38(27(24)40)21-9-4-3-5-10-21)43-29-26(23)44-30(42)37(29)16-22(39)35-19-8-6-7-18(15-19)31(32,33)34/h3-15,23-25H,16H2,1-2H3,(H,35,39)/t23-,24?,25?/m1/s1. The first-order valence-electron chi connectivity index (χ1n) is 13.5. The molecule has 6 rings (SSSR count). The molecule has 3 atom stereocenters. The quantitative estimate of drug-likeness (QED) is 0.284. The molecule has 3 amide bonds. The number of amides is 3. The van der Waals surface area contributed by atoms with Crippen LogP contribution in [0.25, 0.3) is 0 Å². The van der Waals surface area contributed by atoms with Crippen molar-refractivity contribution in [3.63, 3.8) is 0 Å². The van der Waals surface area contributed by atoms with Gasteiger partial charge in [-0.2, -0.15) is 13.2 Å². The van der Waals surface area contributed by atoms with Crippen LogP contribution in [0.5, 0.6) is 0 Å². The van der Waals surface area contributed by atoms with Crippen molar-refractivity contribution in [1.29, 1.82) is 0 Å². The highest BCUT2D eigenvalue weighted by atomic mass is 32.2. The minimum atomic E-state index is -4.59. The molecule has 0 bridgehead atoms.